The van der Waals surface area contributed by atoms with Crippen molar-refractivity contribution in [1.29, 1.82) is 0 Å². The SMILES string of the molecule is CC(C)(C)OC(=O)N1CCC(c2nc(C(=O)Nc3cc(-c4ccco4)[nH]n3)cs2)CC1. The zero-order valence-corrected chi connectivity index (χ0v) is 18.5. The highest BCUT2D eigenvalue weighted by molar-refractivity contribution is 7.10. The fourth-order valence-electron chi connectivity index (χ4n) is 3.34. The van der Waals surface area contributed by atoms with Gasteiger partial charge in [0, 0.05) is 30.5 Å². The number of nitrogens with zero attached hydrogens (tertiary/aromatic N) is 3. The molecule has 164 valence electrons. The highest BCUT2D eigenvalue weighted by atomic mass is 32.1. The maximum atomic E-state index is 12.6. The van der Waals surface area contributed by atoms with Crippen LogP contribution in [0.25, 0.3) is 11.5 Å². The Labute approximate surface area is 183 Å². The molecule has 0 aromatic carbocycles. The summed E-state index contributed by atoms with van der Waals surface area (Å²) in [6.45, 7) is 6.81. The summed E-state index contributed by atoms with van der Waals surface area (Å²) < 4.78 is 10.8. The van der Waals surface area contributed by atoms with Gasteiger partial charge in [0.05, 0.1) is 11.3 Å². The molecular weight excluding hydrogens is 418 g/mol. The molecule has 4 rings (SSSR count). The lowest BCUT2D eigenvalue weighted by Gasteiger charge is -2.32. The van der Waals surface area contributed by atoms with Crippen molar-refractivity contribution in [3.05, 3.63) is 40.5 Å². The van der Waals surface area contributed by atoms with Crippen molar-refractivity contribution in [2.45, 2.75) is 45.1 Å². The zero-order valence-electron chi connectivity index (χ0n) is 17.7. The molecule has 0 aliphatic carbocycles. The van der Waals surface area contributed by atoms with Gasteiger partial charge in [0.25, 0.3) is 5.91 Å². The lowest BCUT2D eigenvalue weighted by atomic mass is 9.98. The van der Waals surface area contributed by atoms with Crippen molar-refractivity contribution in [2.24, 2.45) is 0 Å². The van der Waals surface area contributed by atoms with E-state index in [1.54, 1.807) is 34.7 Å². The summed E-state index contributed by atoms with van der Waals surface area (Å²) in [6.07, 6.45) is 2.88. The molecule has 0 radical (unpaired) electrons. The molecule has 0 bridgehead atoms. The van der Waals surface area contributed by atoms with Crippen LogP contribution in [0.4, 0.5) is 10.6 Å². The average Bonchev–Trinajstić information content (AvgIpc) is 3.47. The van der Waals surface area contributed by atoms with Gasteiger partial charge >= 0.3 is 6.09 Å². The average molecular weight is 444 g/mol. The predicted molar refractivity (Wildman–Crippen MR) is 116 cm³/mol. The van der Waals surface area contributed by atoms with Crippen molar-refractivity contribution in [3.8, 4) is 11.5 Å². The number of anilines is 1. The number of hydrogen-bond donors (Lipinski definition) is 2. The Hall–Kier alpha value is -3.14. The minimum atomic E-state index is -0.501. The molecule has 2 amide bonds. The fourth-order valence-corrected chi connectivity index (χ4v) is 4.31. The molecule has 0 unspecified atom stereocenters. The Kier molecular flexibility index (Phi) is 5.81. The molecule has 1 aliphatic heterocycles. The lowest BCUT2D eigenvalue weighted by molar-refractivity contribution is 0.0204. The summed E-state index contributed by atoms with van der Waals surface area (Å²) >= 11 is 1.47. The minimum absolute atomic E-state index is 0.223. The van der Waals surface area contributed by atoms with Crippen LogP contribution in [0.15, 0.2) is 34.3 Å². The maximum Gasteiger partial charge on any atom is 0.410 e. The molecule has 0 saturated carbocycles. The Morgan fingerprint density at radius 3 is 2.77 bits per heavy atom. The molecule has 4 heterocycles. The zero-order chi connectivity index (χ0) is 22.0. The maximum absolute atomic E-state index is 12.6. The van der Waals surface area contributed by atoms with Crippen LogP contribution in [0.5, 0.6) is 0 Å². The molecule has 10 heteroatoms. The largest absolute Gasteiger partial charge is 0.463 e. The quantitative estimate of drug-likeness (QED) is 0.614. The molecule has 3 aromatic rings. The van der Waals surface area contributed by atoms with Crippen LogP contribution in [0.3, 0.4) is 0 Å². The van der Waals surface area contributed by atoms with Crippen LogP contribution >= 0.6 is 11.3 Å². The molecule has 2 N–H and O–H groups in total. The Morgan fingerprint density at radius 1 is 1.32 bits per heavy atom. The van der Waals surface area contributed by atoms with Crippen molar-refractivity contribution < 1.29 is 18.7 Å². The second-order valence-electron chi connectivity index (χ2n) is 8.41. The molecule has 0 spiro atoms. The summed E-state index contributed by atoms with van der Waals surface area (Å²) in [5.74, 6) is 0.950. The van der Waals surface area contributed by atoms with Crippen LogP contribution in [0, 0.1) is 0 Å². The first-order valence-electron chi connectivity index (χ1n) is 10.1. The Bertz CT molecular complexity index is 1040. The van der Waals surface area contributed by atoms with Gasteiger partial charge in [-0.15, -0.1) is 11.3 Å². The van der Waals surface area contributed by atoms with Crippen LogP contribution < -0.4 is 5.32 Å². The summed E-state index contributed by atoms with van der Waals surface area (Å²) in [6, 6.07) is 5.29. The van der Waals surface area contributed by atoms with Gasteiger partial charge in [-0.1, -0.05) is 0 Å². The minimum Gasteiger partial charge on any atom is -0.463 e. The Balaban J connectivity index is 1.32. The summed E-state index contributed by atoms with van der Waals surface area (Å²) in [5.41, 5.74) is 0.534. The number of piperidine rings is 1. The predicted octanol–water partition coefficient (Wildman–Crippen LogP) is 4.49. The third-order valence-electron chi connectivity index (χ3n) is 4.86. The van der Waals surface area contributed by atoms with E-state index in [1.165, 1.54) is 11.3 Å². The number of hydrogen-bond acceptors (Lipinski definition) is 7. The molecule has 1 fully saturated rings. The van der Waals surface area contributed by atoms with Gasteiger partial charge in [-0.05, 0) is 45.7 Å². The first kappa shape index (κ1) is 21.1. The van der Waals surface area contributed by atoms with Crippen molar-refractivity contribution in [3.63, 3.8) is 0 Å². The number of carbonyl (C=O) groups excluding carboxylic acids is 2. The number of H-pyrrole nitrogens is 1. The third-order valence-corrected chi connectivity index (χ3v) is 5.86. The van der Waals surface area contributed by atoms with E-state index in [2.05, 4.69) is 20.5 Å². The van der Waals surface area contributed by atoms with E-state index in [0.717, 1.165) is 17.8 Å². The van der Waals surface area contributed by atoms with E-state index in [-0.39, 0.29) is 17.9 Å². The van der Waals surface area contributed by atoms with Gasteiger partial charge in [-0.2, -0.15) is 5.10 Å². The lowest BCUT2D eigenvalue weighted by Crippen LogP contribution is -2.41. The van der Waals surface area contributed by atoms with E-state index >= 15 is 0 Å². The molecular formula is C21H25N5O4S. The van der Waals surface area contributed by atoms with Crippen LogP contribution in [0.2, 0.25) is 0 Å². The van der Waals surface area contributed by atoms with Gasteiger partial charge in [0.1, 0.15) is 17.0 Å². The topological polar surface area (TPSA) is 113 Å². The van der Waals surface area contributed by atoms with E-state index < -0.39 is 5.60 Å². The highest BCUT2D eigenvalue weighted by Crippen LogP contribution is 2.31. The number of amides is 2. The second kappa shape index (κ2) is 8.54. The van der Waals surface area contributed by atoms with E-state index in [4.69, 9.17) is 9.15 Å². The van der Waals surface area contributed by atoms with Crippen LogP contribution in [0.1, 0.15) is 55.0 Å². The number of thiazole rings is 1. The summed E-state index contributed by atoms with van der Waals surface area (Å²) in [7, 11) is 0. The smallest absolute Gasteiger partial charge is 0.410 e. The fraction of sp³-hybridized carbons (Fsp3) is 0.429. The molecule has 1 saturated heterocycles. The van der Waals surface area contributed by atoms with Crippen LogP contribution in [-0.2, 0) is 4.74 Å². The second-order valence-corrected chi connectivity index (χ2v) is 9.30. The Morgan fingerprint density at radius 2 is 2.10 bits per heavy atom. The monoisotopic (exact) mass is 443 g/mol. The van der Waals surface area contributed by atoms with Crippen molar-refractivity contribution in [2.75, 3.05) is 18.4 Å². The first-order chi connectivity index (χ1) is 14.8. The summed E-state index contributed by atoms with van der Waals surface area (Å²) in [5, 5.41) is 12.3. The number of rotatable bonds is 4. The van der Waals surface area contributed by atoms with Crippen molar-refractivity contribution in [1.82, 2.24) is 20.1 Å². The number of aromatic nitrogens is 3. The first-order valence-corrected chi connectivity index (χ1v) is 11.0. The number of likely N-dealkylation sites (tertiary alicyclic amines) is 1. The van der Waals surface area contributed by atoms with E-state index in [0.29, 0.717) is 36.1 Å². The van der Waals surface area contributed by atoms with E-state index in [9.17, 15) is 9.59 Å². The normalized spacial score (nSPS) is 15.1. The summed E-state index contributed by atoms with van der Waals surface area (Å²) in [4.78, 5) is 31.1. The third kappa shape index (κ3) is 5.13. The number of aromatic amines is 1. The van der Waals surface area contributed by atoms with Gasteiger partial charge < -0.3 is 19.4 Å². The molecule has 1 aliphatic rings. The van der Waals surface area contributed by atoms with Gasteiger partial charge in [0.15, 0.2) is 11.6 Å². The highest BCUT2D eigenvalue weighted by Gasteiger charge is 2.29. The van der Waals surface area contributed by atoms with Gasteiger partial charge in [-0.3, -0.25) is 9.89 Å². The molecule has 9 nitrogen and oxygen atoms in total. The number of carbonyl (C=O) groups is 2. The van der Waals surface area contributed by atoms with E-state index in [1.807, 2.05) is 20.8 Å². The molecule has 3 aromatic heterocycles. The van der Waals surface area contributed by atoms with Crippen LogP contribution in [-0.4, -0.2) is 50.8 Å². The number of nitrogens with one attached hydrogen (secondary N) is 2. The molecule has 0 atom stereocenters. The van der Waals surface area contributed by atoms with Gasteiger partial charge in [-0.25, -0.2) is 9.78 Å². The standard InChI is InChI=1S/C21H25N5O4S/c1-21(2,3)30-20(28)26-8-6-13(7-9-26)19-22-15(12-31-19)18(27)23-17-11-14(24-25-17)16-5-4-10-29-16/h4-5,10-13H,6-9H2,1-3H3,(H2,23,24,25,27). The van der Waals surface area contributed by atoms with Crippen molar-refractivity contribution >= 4 is 29.2 Å². The van der Waals surface area contributed by atoms with Gasteiger partial charge in [0.2, 0.25) is 0 Å². The number of furan rings is 1. The molecule has 31 heavy (non-hydrogen) atoms. The number of ether oxygens (including phenoxy) is 1.